The number of piperidine rings is 1. The van der Waals surface area contributed by atoms with Gasteiger partial charge in [0.15, 0.2) is 6.61 Å². The van der Waals surface area contributed by atoms with Gasteiger partial charge in [-0.3, -0.25) is 9.59 Å². The Hall–Kier alpha value is -2.73. The number of carbonyl (C=O) groups excluding carboxylic acids is 2. The fraction of sp³-hybridized carbons (Fsp3) is 0.417. The molecule has 0 saturated carbocycles. The Morgan fingerprint density at radius 2 is 1.61 bits per heavy atom. The molecule has 166 valence electrons. The number of aryl methyl sites for hydroxylation is 1. The molecule has 0 spiro atoms. The summed E-state index contributed by atoms with van der Waals surface area (Å²) >= 11 is 5.83. The quantitative estimate of drug-likeness (QED) is 0.594. The smallest absolute Gasteiger partial charge is 0.258 e. The molecule has 2 aromatic rings. The highest BCUT2D eigenvalue weighted by atomic mass is 35.5. The molecule has 0 aliphatic carbocycles. The highest BCUT2D eigenvalue weighted by Gasteiger charge is 2.23. The number of hydrogen-bond donors (Lipinski definition) is 1. The lowest BCUT2D eigenvalue weighted by Crippen LogP contribution is -2.47. The van der Waals surface area contributed by atoms with E-state index in [4.69, 9.17) is 21.1 Å². The molecule has 0 unspecified atom stereocenters. The molecule has 1 saturated heterocycles. The van der Waals surface area contributed by atoms with Gasteiger partial charge in [-0.1, -0.05) is 29.3 Å². The van der Waals surface area contributed by atoms with Crippen LogP contribution in [0.5, 0.6) is 11.5 Å². The monoisotopic (exact) mass is 444 g/mol. The molecule has 1 fully saturated rings. The number of ether oxygens (including phenoxy) is 2. The van der Waals surface area contributed by atoms with Gasteiger partial charge in [-0.05, 0) is 62.6 Å². The predicted molar refractivity (Wildman–Crippen MR) is 121 cm³/mol. The number of likely N-dealkylation sites (tertiary alicyclic amines) is 1. The van der Waals surface area contributed by atoms with Crippen LogP contribution in [-0.4, -0.2) is 49.1 Å². The van der Waals surface area contributed by atoms with Gasteiger partial charge in [0.25, 0.3) is 5.91 Å². The number of rotatable bonds is 9. The summed E-state index contributed by atoms with van der Waals surface area (Å²) in [5, 5.41) is 3.61. The second kappa shape index (κ2) is 11.6. The van der Waals surface area contributed by atoms with E-state index in [1.807, 2.05) is 36.1 Å². The molecule has 2 aromatic carbocycles. The van der Waals surface area contributed by atoms with Crippen LogP contribution < -0.4 is 14.8 Å². The summed E-state index contributed by atoms with van der Waals surface area (Å²) in [6, 6.07) is 14.9. The maximum absolute atomic E-state index is 12.4. The van der Waals surface area contributed by atoms with Crippen LogP contribution in [0.1, 0.15) is 31.2 Å². The van der Waals surface area contributed by atoms with Crippen LogP contribution in [-0.2, 0) is 9.59 Å². The minimum absolute atomic E-state index is 0.0399. The summed E-state index contributed by atoms with van der Waals surface area (Å²) in [4.78, 5) is 26.4. The first-order chi connectivity index (χ1) is 15.0. The van der Waals surface area contributed by atoms with E-state index < -0.39 is 0 Å². The molecule has 0 bridgehead atoms. The topological polar surface area (TPSA) is 67.9 Å². The van der Waals surface area contributed by atoms with Crippen LogP contribution in [0.4, 0.5) is 0 Å². The molecule has 0 aromatic heterocycles. The van der Waals surface area contributed by atoms with E-state index in [0.717, 1.165) is 18.6 Å². The van der Waals surface area contributed by atoms with Gasteiger partial charge >= 0.3 is 0 Å². The van der Waals surface area contributed by atoms with E-state index in [9.17, 15) is 9.59 Å². The Kier molecular flexibility index (Phi) is 8.59. The van der Waals surface area contributed by atoms with Gasteiger partial charge in [-0.15, -0.1) is 0 Å². The second-order valence-electron chi connectivity index (χ2n) is 7.73. The van der Waals surface area contributed by atoms with Crippen molar-refractivity contribution in [3.8, 4) is 11.5 Å². The van der Waals surface area contributed by atoms with Crippen molar-refractivity contribution in [1.82, 2.24) is 10.2 Å². The maximum atomic E-state index is 12.4. The Labute approximate surface area is 188 Å². The van der Waals surface area contributed by atoms with Crippen molar-refractivity contribution in [2.24, 2.45) is 0 Å². The molecule has 7 heteroatoms. The summed E-state index contributed by atoms with van der Waals surface area (Å²) in [6.07, 6.45) is 2.65. The highest BCUT2D eigenvalue weighted by molar-refractivity contribution is 6.30. The highest BCUT2D eigenvalue weighted by Crippen LogP contribution is 2.16. The lowest BCUT2D eigenvalue weighted by molar-refractivity contribution is -0.132. The minimum atomic E-state index is -0.159. The van der Waals surface area contributed by atoms with Gasteiger partial charge in [0.05, 0.1) is 6.61 Å². The van der Waals surface area contributed by atoms with E-state index >= 15 is 0 Å². The van der Waals surface area contributed by atoms with Crippen molar-refractivity contribution < 1.29 is 19.1 Å². The first-order valence-corrected chi connectivity index (χ1v) is 11.0. The van der Waals surface area contributed by atoms with Gasteiger partial charge < -0.3 is 19.7 Å². The fourth-order valence-corrected chi connectivity index (χ4v) is 3.55. The summed E-state index contributed by atoms with van der Waals surface area (Å²) in [5.74, 6) is 1.41. The van der Waals surface area contributed by atoms with Crippen molar-refractivity contribution in [2.75, 3.05) is 26.3 Å². The third kappa shape index (κ3) is 7.79. The van der Waals surface area contributed by atoms with Crippen molar-refractivity contribution in [1.29, 1.82) is 0 Å². The normalized spacial score (nSPS) is 14.2. The third-order valence-electron chi connectivity index (χ3n) is 5.22. The van der Waals surface area contributed by atoms with Crippen molar-refractivity contribution in [2.45, 2.75) is 38.6 Å². The molecule has 6 nitrogen and oxygen atoms in total. The van der Waals surface area contributed by atoms with E-state index in [1.54, 1.807) is 24.3 Å². The maximum Gasteiger partial charge on any atom is 0.258 e. The van der Waals surface area contributed by atoms with E-state index in [-0.39, 0.29) is 24.5 Å². The zero-order valence-electron chi connectivity index (χ0n) is 17.8. The Morgan fingerprint density at radius 1 is 1.00 bits per heavy atom. The molecular weight excluding hydrogens is 416 g/mol. The van der Waals surface area contributed by atoms with Gasteiger partial charge in [0, 0.05) is 30.6 Å². The van der Waals surface area contributed by atoms with E-state index in [1.165, 1.54) is 5.56 Å². The van der Waals surface area contributed by atoms with Crippen molar-refractivity contribution in [3.63, 3.8) is 0 Å². The van der Waals surface area contributed by atoms with Gasteiger partial charge in [0.1, 0.15) is 11.5 Å². The molecule has 0 atom stereocenters. The van der Waals surface area contributed by atoms with E-state index in [0.29, 0.717) is 43.3 Å². The largest absolute Gasteiger partial charge is 0.494 e. The molecule has 2 amide bonds. The number of benzene rings is 2. The zero-order chi connectivity index (χ0) is 22.1. The SMILES string of the molecule is Cc1ccc(OCCCC(=O)N2CCC(NC(=O)COc3ccc(Cl)cc3)CC2)cc1. The number of nitrogens with zero attached hydrogens (tertiary/aromatic N) is 1. The lowest BCUT2D eigenvalue weighted by atomic mass is 10.0. The lowest BCUT2D eigenvalue weighted by Gasteiger charge is -2.32. The number of hydrogen-bond acceptors (Lipinski definition) is 4. The first kappa shape index (κ1) is 22.9. The molecule has 3 rings (SSSR count). The molecule has 31 heavy (non-hydrogen) atoms. The first-order valence-electron chi connectivity index (χ1n) is 10.6. The fourth-order valence-electron chi connectivity index (χ4n) is 3.43. The van der Waals surface area contributed by atoms with Gasteiger partial charge in [-0.25, -0.2) is 0 Å². The molecule has 1 N–H and O–H groups in total. The number of nitrogens with one attached hydrogen (secondary N) is 1. The number of halogens is 1. The second-order valence-corrected chi connectivity index (χ2v) is 8.17. The molecule has 1 aliphatic rings. The van der Waals surface area contributed by atoms with Crippen LogP contribution in [0.2, 0.25) is 5.02 Å². The Bertz CT molecular complexity index is 847. The van der Waals surface area contributed by atoms with Crippen molar-refractivity contribution in [3.05, 3.63) is 59.1 Å². The van der Waals surface area contributed by atoms with Gasteiger partial charge in [0.2, 0.25) is 5.91 Å². The van der Waals surface area contributed by atoms with Crippen LogP contribution in [0.3, 0.4) is 0 Å². The summed E-state index contributed by atoms with van der Waals surface area (Å²) in [7, 11) is 0. The zero-order valence-corrected chi connectivity index (χ0v) is 18.6. The number of carbonyl (C=O) groups is 2. The van der Waals surface area contributed by atoms with Gasteiger partial charge in [-0.2, -0.15) is 0 Å². The summed E-state index contributed by atoms with van der Waals surface area (Å²) in [5.41, 5.74) is 1.19. The molecule has 1 heterocycles. The van der Waals surface area contributed by atoms with E-state index in [2.05, 4.69) is 5.32 Å². The summed E-state index contributed by atoms with van der Waals surface area (Å²) < 4.78 is 11.2. The van der Waals surface area contributed by atoms with Crippen LogP contribution in [0.25, 0.3) is 0 Å². The third-order valence-corrected chi connectivity index (χ3v) is 5.47. The molecule has 1 aliphatic heterocycles. The van der Waals surface area contributed by atoms with Crippen LogP contribution in [0.15, 0.2) is 48.5 Å². The Morgan fingerprint density at radius 3 is 2.29 bits per heavy atom. The average Bonchev–Trinajstić information content (AvgIpc) is 2.78. The van der Waals surface area contributed by atoms with Crippen LogP contribution >= 0.6 is 11.6 Å². The average molecular weight is 445 g/mol. The summed E-state index contributed by atoms with van der Waals surface area (Å²) in [6.45, 7) is 3.82. The molecular formula is C24H29ClN2O4. The molecule has 0 radical (unpaired) electrons. The van der Waals surface area contributed by atoms with Crippen molar-refractivity contribution >= 4 is 23.4 Å². The van der Waals surface area contributed by atoms with Crippen LogP contribution in [0, 0.1) is 6.92 Å². The number of amides is 2. The standard InChI is InChI=1S/C24H29ClN2O4/c1-18-4-8-21(9-5-18)30-16-2-3-24(29)27-14-12-20(13-15-27)26-23(28)17-31-22-10-6-19(25)7-11-22/h4-11,20H,2-3,12-17H2,1H3,(H,26,28). The Balaban J connectivity index is 1.28. The predicted octanol–water partition coefficient (Wildman–Crippen LogP) is 3.99. The minimum Gasteiger partial charge on any atom is -0.494 e.